The van der Waals surface area contributed by atoms with Crippen LogP contribution in [-0.4, -0.2) is 23.1 Å². The summed E-state index contributed by atoms with van der Waals surface area (Å²) < 4.78 is 0. The van der Waals surface area contributed by atoms with Gasteiger partial charge in [-0.25, -0.2) is 0 Å². The lowest BCUT2D eigenvalue weighted by Gasteiger charge is -2.25. The third-order valence-corrected chi connectivity index (χ3v) is 4.22. The van der Waals surface area contributed by atoms with E-state index in [4.69, 9.17) is 23.8 Å². The number of nitrogens with one attached hydrogen (secondary N) is 1. The highest BCUT2D eigenvalue weighted by molar-refractivity contribution is 7.80. The van der Waals surface area contributed by atoms with Crippen molar-refractivity contribution in [2.45, 2.75) is 39.5 Å². The van der Waals surface area contributed by atoms with Crippen LogP contribution < -0.4 is 5.32 Å². The molecule has 0 amide bonds. The first kappa shape index (κ1) is 14.6. The van der Waals surface area contributed by atoms with Gasteiger partial charge in [-0.3, -0.25) is 0 Å². The molecule has 2 rings (SSSR count). The van der Waals surface area contributed by atoms with E-state index in [9.17, 15) is 0 Å². The number of likely N-dealkylation sites (tertiary alicyclic amines) is 1. The lowest BCUT2D eigenvalue weighted by molar-refractivity contribution is 0.441. The molecular formula is C15H21ClN2S. The molecule has 4 heteroatoms. The highest BCUT2D eigenvalue weighted by atomic mass is 35.5. The Morgan fingerprint density at radius 2 is 1.79 bits per heavy atom. The van der Waals surface area contributed by atoms with Crippen molar-refractivity contribution in [3.8, 4) is 0 Å². The summed E-state index contributed by atoms with van der Waals surface area (Å²) in [6, 6.07) is 4.10. The Hall–Kier alpha value is -0.800. The highest BCUT2D eigenvalue weighted by Crippen LogP contribution is 2.27. The molecule has 0 radical (unpaired) electrons. The standard InChI is InChI=1S/C15H21ClN2S/c1-11-9-12(2)14(13(16)10-11)17-15(19)18-7-5-3-4-6-8-18/h9-10H,3-8H2,1-2H3,(H,17,19). The van der Waals surface area contributed by atoms with E-state index in [0.717, 1.165) is 34.5 Å². The van der Waals surface area contributed by atoms with Gasteiger partial charge in [0.2, 0.25) is 0 Å². The fraction of sp³-hybridized carbons (Fsp3) is 0.533. The Morgan fingerprint density at radius 1 is 1.16 bits per heavy atom. The van der Waals surface area contributed by atoms with Gasteiger partial charge in [0.15, 0.2) is 5.11 Å². The third-order valence-electron chi connectivity index (χ3n) is 3.56. The van der Waals surface area contributed by atoms with Crippen LogP contribution in [0.4, 0.5) is 5.69 Å². The van der Waals surface area contributed by atoms with Gasteiger partial charge >= 0.3 is 0 Å². The quantitative estimate of drug-likeness (QED) is 0.767. The highest BCUT2D eigenvalue weighted by Gasteiger charge is 2.14. The van der Waals surface area contributed by atoms with Gasteiger partial charge < -0.3 is 10.2 Å². The van der Waals surface area contributed by atoms with Gasteiger partial charge in [0.05, 0.1) is 10.7 Å². The van der Waals surface area contributed by atoms with E-state index in [2.05, 4.69) is 30.1 Å². The minimum absolute atomic E-state index is 0.745. The fourth-order valence-corrected chi connectivity index (χ4v) is 3.19. The summed E-state index contributed by atoms with van der Waals surface area (Å²) >= 11 is 11.8. The molecule has 1 saturated heterocycles. The van der Waals surface area contributed by atoms with Crippen molar-refractivity contribution in [2.75, 3.05) is 18.4 Å². The van der Waals surface area contributed by atoms with Crippen LogP contribution in [-0.2, 0) is 0 Å². The Balaban J connectivity index is 2.10. The number of benzene rings is 1. The molecule has 1 N–H and O–H groups in total. The second kappa shape index (κ2) is 6.58. The van der Waals surface area contributed by atoms with Crippen LogP contribution in [0.3, 0.4) is 0 Å². The van der Waals surface area contributed by atoms with Crippen LogP contribution in [0, 0.1) is 13.8 Å². The van der Waals surface area contributed by atoms with E-state index in [1.165, 1.54) is 31.2 Å². The molecule has 1 aromatic rings. The Labute approximate surface area is 126 Å². The van der Waals surface area contributed by atoms with Crippen LogP contribution in [0.5, 0.6) is 0 Å². The molecule has 1 aliphatic rings. The molecule has 0 aliphatic carbocycles. The molecule has 0 spiro atoms. The predicted octanol–water partition coefficient (Wildman–Crippen LogP) is 4.53. The van der Waals surface area contributed by atoms with Gasteiger partial charge in [-0.15, -0.1) is 0 Å². The van der Waals surface area contributed by atoms with Crippen molar-refractivity contribution in [1.82, 2.24) is 4.90 Å². The first-order valence-corrected chi connectivity index (χ1v) is 7.69. The van der Waals surface area contributed by atoms with Crippen LogP contribution in [0.2, 0.25) is 5.02 Å². The maximum Gasteiger partial charge on any atom is 0.173 e. The second-order valence-electron chi connectivity index (χ2n) is 5.27. The van der Waals surface area contributed by atoms with E-state index < -0.39 is 0 Å². The zero-order valence-electron chi connectivity index (χ0n) is 11.6. The molecule has 0 bridgehead atoms. The number of rotatable bonds is 1. The number of halogens is 1. The van der Waals surface area contributed by atoms with Crippen LogP contribution in [0.1, 0.15) is 36.8 Å². The molecule has 1 aliphatic heterocycles. The molecule has 0 unspecified atom stereocenters. The molecule has 1 aromatic carbocycles. The summed E-state index contributed by atoms with van der Waals surface area (Å²) in [6.07, 6.45) is 5.07. The van der Waals surface area contributed by atoms with Gasteiger partial charge in [0.1, 0.15) is 0 Å². The predicted molar refractivity (Wildman–Crippen MR) is 87.2 cm³/mol. The molecule has 0 aromatic heterocycles. The first-order chi connectivity index (χ1) is 9.08. The molecule has 19 heavy (non-hydrogen) atoms. The summed E-state index contributed by atoms with van der Waals surface area (Å²) in [5.41, 5.74) is 3.26. The Bertz CT molecular complexity index is 442. The average molecular weight is 297 g/mol. The summed E-state index contributed by atoms with van der Waals surface area (Å²) in [6.45, 7) is 6.21. The van der Waals surface area contributed by atoms with Crippen LogP contribution in [0.15, 0.2) is 12.1 Å². The number of nitrogens with zero attached hydrogens (tertiary/aromatic N) is 1. The van der Waals surface area contributed by atoms with Gasteiger partial charge in [-0.05, 0) is 56.1 Å². The number of thiocarbonyl (C=S) groups is 1. The number of hydrogen-bond donors (Lipinski definition) is 1. The molecular weight excluding hydrogens is 276 g/mol. The Kier molecular flexibility index (Phi) is 5.06. The molecule has 104 valence electrons. The largest absolute Gasteiger partial charge is 0.349 e. The van der Waals surface area contributed by atoms with Crippen molar-refractivity contribution in [1.29, 1.82) is 0 Å². The van der Waals surface area contributed by atoms with Gasteiger partial charge in [-0.1, -0.05) is 30.5 Å². The number of aryl methyl sites for hydroxylation is 2. The van der Waals surface area contributed by atoms with E-state index in [-0.39, 0.29) is 0 Å². The van der Waals surface area contributed by atoms with Crippen molar-refractivity contribution in [2.24, 2.45) is 0 Å². The first-order valence-electron chi connectivity index (χ1n) is 6.90. The summed E-state index contributed by atoms with van der Waals surface area (Å²) in [5.74, 6) is 0. The molecule has 1 heterocycles. The van der Waals surface area contributed by atoms with Crippen molar-refractivity contribution >= 4 is 34.6 Å². The number of anilines is 1. The molecule has 1 fully saturated rings. The van der Waals surface area contributed by atoms with Gasteiger partial charge in [0, 0.05) is 13.1 Å². The monoisotopic (exact) mass is 296 g/mol. The van der Waals surface area contributed by atoms with Crippen LogP contribution >= 0.6 is 23.8 Å². The lowest BCUT2D eigenvalue weighted by Crippen LogP contribution is -2.35. The average Bonchev–Trinajstić information content (AvgIpc) is 2.62. The van der Waals surface area contributed by atoms with E-state index in [0.29, 0.717) is 0 Å². The third kappa shape index (κ3) is 3.83. The van der Waals surface area contributed by atoms with E-state index >= 15 is 0 Å². The van der Waals surface area contributed by atoms with Gasteiger partial charge in [-0.2, -0.15) is 0 Å². The smallest absolute Gasteiger partial charge is 0.173 e. The summed E-state index contributed by atoms with van der Waals surface area (Å²) in [4.78, 5) is 2.26. The van der Waals surface area contributed by atoms with Crippen molar-refractivity contribution < 1.29 is 0 Å². The topological polar surface area (TPSA) is 15.3 Å². The zero-order chi connectivity index (χ0) is 13.8. The van der Waals surface area contributed by atoms with Crippen molar-refractivity contribution in [3.05, 3.63) is 28.3 Å². The summed E-state index contributed by atoms with van der Waals surface area (Å²) in [7, 11) is 0. The number of hydrogen-bond acceptors (Lipinski definition) is 1. The molecule has 0 atom stereocenters. The zero-order valence-corrected chi connectivity index (χ0v) is 13.2. The minimum atomic E-state index is 0.745. The van der Waals surface area contributed by atoms with Crippen molar-refractivity contribution in [3.63, 3.8) is 0 Å². The minimum Gasteiger partial charge on any atom is -0.349 e. The maximum atomic E-state index is 6.31. The molecule has 0 saturated carbocycles. The Morgan fingerprint density at radius 3 is 2.37 bits per heavy atom. The SMILES string of the molecule is Cc1cc(C)c(NC(=S)N2CCCCCC2)c(Cl)c1. The van der Waals surface area contributed by atoms with E-state index in [1.807, 2.05) is 6.07 Å². The second-order valence-corrected chi connectivity index (χ2v) is 6.06. The van der Waals surface area contributed by atoms with Crippen LogP contribution in [0.25, 0.3) is 0 Å². The lowest BCUT2D eigenvalue weighted by atomic mass is 10.1. The maximum absolute atomic E-state index is 6.31. The van der Waals surface area contributed by atoms with E-state index in [1.54, 1.807) is 0 Å². The molecule has 2 nitrogen and oxygen atoms in total. The van der Waals surface area contributed by atoms with Gasteiger partial charge in [0.25, 0.3) is 0 Å². The summed E-state index contributed by atoms with van der Waals surface area (Å²) in [5, 5.41) is 4.88. The normalized spacial score (nSPS) is 16.1. The fourth-order valence-electron chi connectivity index (χ4n) is 2.53.